The third-order valence-corrected chi connectivity index (χ3v) is 5.20. The molecular formula is C26H24N2O4. The van der Waals surface area contributed by atoms with E-state index >= 15 is 0 Å². The van der Waals surface area contributed by atoms with Gasteiger partial charge in [0, 0.05) is 22.4 Å². The molecule has 0 bridgehead atoms. The zero-order valence-electron chi connectivity index (χ0n) is 18.4. The molecule has 1 N–H and O–H groups in total. The number of anilines is 1. The summed E-state index contributed by atoms with van der Waals surface area (Å²) in [6.07, 6.45) is 1.67. The first kappa shape index (κ1) is 21.2. The Morgan fingerprint density at radius 1 is 0.906 bits per heavy atom. The van der Waals surface area contributed by atoms with Crippen molar-refractivity contribution in [1.82, 2.24) is 4.98 Å². The van der Waals surface area contributed by atoms with Gasteiger partial charge in [-0.3, -0.25) is 4.79 Å². The molecule has 3 aromatic carbocycles. The first-order valence-corrected chi connectivity index (χ1v) is 10.2. The molecule has 162 valence electrons. The van der Waals surface area contributed by atoms with Crippen molar-refractivity contribution in [2.45, 2.75) is 13.8 Å². The van der Waals surface area contributed by atoms with E-state index in [0.717, 1.165) is 22.4 Å². The number of methoxy groups -OCH3 is 2. The normalized spacial score (nSPS) is 10.6. The van der Waals surface area contributed by atoms with Crippen LogP contribution in [0.3, 0.4) is 0 Å². The van der Waals surface area contributed by atoms with E-state index in [0.29, 0.717) is 28.6 Å². The number of hydrogen-bond acceptors (Lipinski definition) is 5. The van der Waals surface area contributed by atoms with Gasteiger partial charge in [-0.25, -0.2) is 4.98 Å². The Balaban J connectivity index is 1.49. The molecule has 0 saturated heterocycles. The van der Waals surface area contributed by atoms with Gasteiger partial charge in [0.05, 0.1) is 14.2 Å². The highest BCUT2D eigenvalue weighted by Gasteiger charge is 2.13. The van der Waals surface area contributed by atoms with E-state index in [2.05, 4.69) is 42.3 Å². The monoisotopic (exact) mass is 428 g/mol. The lowest BCUT2D eigenvalue weighted by molar-refractivity contribution is 0.102. The summed E-state index contributed by atoms with van der Waals surface area (Å²) >= 11 is 0. The van der Waals surface area contributed by atoms with E-state index in [1.807, 2.05) is 24.3 Å². The molecule has 0 aliphatic rings. The smallest absolute Gasteiger partial charge is 0.255 e. The van der Waals surface area contributed by atoms with Crippen LogP contribution in [0.1, 0.15) is 21.5 Å². The predicted molar refractivity (Wildman–Crippen MR) is 124 cm³/mol. The Morgan fingerprint density at radius 2 is 1.66 bits per heavy atom. The lowest BCUT2D eigenvalue weighted by Gasteiger charge is -2.10. The summed E-state index contributed by atoms with van der Waals surface area (Å²) in [4.78, 5) is 17.2. The SMILES string of the molecule is COc1ccc(C(=O)Nc2ccc(-c3nc(-c4ccc(C)cc4C)co3)cc2)cc1OC. The standard InChI is InChI=1S/C26H24N2O4/c1-16-5-11-21(17(2)13-16)22-15-32-26(28-22)18-6-9-20(10-7-18)27-25(29)19-8-12-23(30-3)24(14-19)31-4/h5-15H,1-4H3,(H,27,29). The van der Waals surface area contributed by atoms with Crippen LogP contribution in [0.5, 0.6) is 11.5 Å². The number of ether oxygens (including phenoxy) is 2. The number of rotatable bonds is 6. The fraction of sp³-hybridized carbons (Fsp3) is 0.154. The van der Waals surface area contributed by atoms with Gasteiger partial charge in [-0.15, -0.1) is 0 Å². The van der Waals surface area contributed by atoms with Gasteiger partial charge in [-0.1, -0.05) is 23.8 Å². The van der Waals surface area contributed by atoms with Gasteiger partial charge < -0.3 is 19.2 Å². The Hall–Kier alpha value is -4.06. The summed E-state index contributed by atoms with van der Waals surface area (Å²) in [5, 5.41) is 2.88. The molecule has 0 aliphatic heterocycles. The van der Waals surface area contributed by atoms with Crippen LogP contribution >= 0.6 is 0 Å². The van der Waals surface area contributed by atoms with Crippen LogP contribution < -0.4 is 14.8 Å². The molecule has 6 heteroatoms. The van der Waals surface area contributed by atoms with E-state index in [1.165, 1.54) is 12.7 Å². The number of carbonyl (C=O) groups is 1. The molecule has 32 heavy (non-hydrogen) atoms. The Labute approximate surface area is 186 Å². The molecule has 4 aromatic rings. The van der Waals surface area contributed by atoms with Crippen molar-refractivity contribution in [3.05, 3.63) is 83.6 Å². The molecule has 0 unspecified atom stereocenters. The van der Waals surface area contributed by atoms with Crippen LogP contribution in [0, 0.1) is 13.8 Å². The average molecular weight is 428 g/mol. The topological polar surface area (TPSA) is 73.6 Å². The van der Waals surface area contributed by atoms with Crippen LogP contribution in [0.25, 0.3) is 22.7 Å². The Bertz CT molecular complexity index is 1260. The number of nitrogens with one attached hydrogen (secondary N) is 1. The molecular weight excluding hydrogens is 404 g/mol. The number of aromatic nitrogens is 1. The first-order valence-electron chi connectivity index (χ1n) is 10.2. The third kappa shape index (κ3) is 4.34. The minimum absolute atomic E-state index is 0.244. The maximum Gasteiger partial charge on any atom is 0.255 e. The highest BCUT2D eigenvalue weighted by molar-refractivity contribution is 6.04. The van der Waals surface area contributed by atoms with Crippen molar-refractivity contribution in [2.24, 2.45) is 0 Å². The van der Waals surface area contributed by atoms with Gasteiger partial charge >= 0.3 is 0 Å². The van der Waals surface area contributed by atoms with Crippen molar-refractivity contribution >= 4 is 11.6 Å². The molecule has 6 nitrogen and oxygen atoms in total. The summed E-state index contributed by atoms with van der Waals surface area (Å²) in [6, 6.07) is 18.6. The second-order valence-corrected chi connectivity index (χ2v) is 7.46. The molecule has 1 amide bonds. The van der Waals surface area contributed by atoms with Crippen LogP contribution in [0.15, 0.2) is 71.3 Å². The molecule has 4 rings (SSSR count). The molecule has 1 aromatic heterocycles. The van der Waals surface area contributed by atoms with Crippen LogP contribution in [0.4, 0.5) is 5.69 Å². The lowest BCUT2D eigenvalue weighted by atomic mass is 10.0. The molecule has 1 heterocycles. The largest absolute Gasteiger partial charge is 0.493 e. The molecule has 0 aliphatic carbocycles. The highest BCUT2D eigenvalue weighted by Crippen LogP contribution is 2.29. The van der Waals surface area contributed by atoms with Crippen molar-refractivity contribution in [2.75, 3.05) is 19.5 Å². The Kier molecular flexibility index (Phi) is 5.94. The van der Waals surface area contributed by atoms with Gasteiger partial charge in [0.1, 0.15) is 12.0 Å². The minimum Gasteiger partial charge on any atom is -0.493 e. The molecule has 0 saturated carbocycles. The number of nitrogens with zero attached hydrogens (tertiary/aromatic N) is 1. The quantitative estimate of drug-likeness (QED) is 0.414. The fourth-order valence-electron chi connectivity index (χ4n) is 3.51. The number of benzene rings is 3. The number of amides is 1. The predicted octanol–water partition coefficient (Wildman–Crippen LogP) is 5.89. The van der Waals surface area contributed by atoms with Crippen LogP contribution in [0.2, 0.25) is 0 Å². The van der Waals surface area contributed by atoms with Gasteiger partial charge in [-0.05, 0) is 61.9 Å². The van der Waals surface area contributed by atoms with E-state index in [1.54, 1.807) is 31.6 Å². The number of oxazole rings is 1. The van der Waals surface area contributed by atoms with Crippen LogP contribution in [-0.2, 0) is 0 Å². The maximum atomic E-state index is 12.6. The fourth-order valence-corrected chi connectivity index (χ4v) is 3.51. The summed E-state index contributed by atoms with van der Waals surface area (Å²) in [5.41, 5.74) is 6.16. The third-order valence-electron chi connectivity index (χ3n) is 5.20. The maximum absolute atomic E-state index is 12.6. The van der Waals surface area contributed by atoms with Gasteiger partial charge in [-0.2, -0.15) is 0 Å². The van der Waals surface area contributed by atoms with Crippen molar-refractivity contribution in [1.29, 1.82) is 0 Å². The minimum atomic E-state index is -0.244. The number of aryl methyl sites for hydroxylation is 2. The van der Waals surface area contributed by atoms with Crippen molar-refractivity contribution < 1.29 is 18.7 Å². The second kappa shape index (κ2) is 8.98. The summed E-state index contributed by atoms with van der Waals surface area (Å²) in [7, 11) is 3.09. The van der Waals surface area contributed by atoms with Gasteiger partial charge in [0.2, 0.25) is 5.89 Å². The van der Waals surface area contributed by atoms with E-state index in [-0.39, 0.29) is 5.91 Å². The zero-order chi connectivity index (χ0) is 22.7. The van der Waals surface area contributed by atoms with Crippen molar-refractivity contribution in [3.63, 3.8) is 0 Å². The van der Waals surface area contributed by atoms with Crippen LogP contribution in [-0.4, -0.2) is 25.1 Å². The summed E-state index contributed by atoms with van der Waals surface area (Å²) in [6.45, 7) is 4.13. The Morgan fingerprint density at radius 3 is 2.34 bits per heavy atom. The molecule has 0 atom stereocenters. The zero-order valence-corrected chi connectivity index (χ0v) is 18.4. The molecule has 0 spiro atoms. The summed E-state index contributed by atoms with van der Waals surface area (Å²) < 4.78 is 16.2. The first-order chi connectivity index (χ1) is 15.5. The lowest BCUT2D eigenvalue weighted by Crippen LogP contribution is -2.12. The molecule has 0 radical (unpaired) electrons. The van der Waals surface area contributed by atoms with E-state index in [9.17, 15) is 4.79 Å². The molecule has 0 fully saturated rings. The van der Waals surface area contributed by atoms with Gasteiger partial charge in [0.15, 0.2) is 11.5 Å². The highest BCUT2D eigenvalue weighted by atomic mass is 16.5. The number of hydrogen-bond donors (Lipinski definition) is 1. The summed E-state index contributed by atoms with van der Waals surface area (Å²) in [5.74, 6) is 1.35. The van der Waals surface area contributed by atoms with Crippen molar-refractivity contribution in [3.8, 4) is 34.2 Å². The van der Waals surface area contributed by atoms with E-state index < -0.39 is 0 Å². The van der Waals surface area contributed by atoms with Gasteiger partial charge in [0.25, 0.3) is 5.91 Å². The number of carbonyl (C=O) groups excluding carboxylic acids is 1. The second-order valence-electron chi connectivity index (χ2n) is 7.46. The average Bonchev–Trinajstić information content (AvgIpc) is 3.29. The van der Waals surface area contributed by atoms with E-state index in [4.69, 9.17) is 13.9 Å².